The molecule has 0 radical (unpaired) electrons. The number of amides is 1. The number of ether oxygens (including phenoxy) is 1. The molecule has 0 aromatic rings. The fraction of sp³-hybridized carbons (Fsp3) is 0.917. The van der Waals surface area contributed by atoms with E-state index >= 15 is 0 Å². The van der Waals surface area contributed by atoms with Gasteiger partial charge in [-0.3, -0.25) is 4.79 Å². The molecule has 2 fully saturated rings. The lowest BCUT2D eigenvalue weighted by Gasteiger charge is -2.31. The van der Waals surface area contributed by atoms with Crippen molar-refractivity contribution in [1.82, 2.24) is 10.2 Å². The minimum absolute atomic E-state index is 0.191. The number of carbonyl (C=O) groups excluding carboxylic acids is 1. The van der Waals surface area contributed by atoms with Crippen LogP contribution < -0.4 is 5.32 Å². The molecule has 0 aromatic carbocycles. The number of hydrogen-bond donors (Lipinski definition) is 1. The lowest BCUT2D eigenvalue weighted by Crippen LogP contribution is -2.45. The third-order valence-electron chi connectivity index (χ3n) is 3.32. The van der Waals surface area contributed by atoms with Gasteiger partial charge in [0, 0.05) is 18.3 Å². The smallest absolute Gasteiger partial charge is 0.232 e. The Morgan fingerprint density at radius 2 is 2.24 bits per heavy atom. The summed E-state index contributed by atoms with van der Waals surface area (Å²) in [4.78, 5) is 14.0. The second-order valence-corrected chi connectivity index (χ2v) is 6.07. The predicted molar refractivity (Wildman–Crippen MR) is 70.3 cm³/mol. The van der Waals surface area contributed by atoms with Gasteiger partial charge in [-0.1, -0.05) is 0 Å². The Morgan fingerprint density at radius 3 is 2.94 bits per heavy atom. The zero-order valence-corrected chi connectivity index (χ0v) is 11.3. The van der Waals surface area contributed by atoms with Crippen LogP contribution in [0.3, 0.4) is 0 Å². The average Bonchev–Trinajstić information content (AvgIpc) is 2.37. The first-order valence-electron chi connectivity index (χ1n) is 6.47. The van der Waals surface area contributed by atoms with Gasteiger partial charge in [0.2, 0.25) is 5.91 Å². The second-order valence-electron chi connectivity index (χ2n) is 4.78. The first-order chi connectivity index (χ1) is 8.25. The van der Waals surface area contributed by atoms with Crippen LogP contribution in [0.2, 0.25) is 0 Å². The molecular formula is C12H22N2O2S. The molecule has 2 saturated heterocycles. The van der Waals surface area contributed by atoms with Crippen LogP contribution in [0.15, 0.2) is 0 Å². The van der Waals surface area contributed by atoms with E-state index in [1.165, 1.54) is 12.8 Å². The molecule has 5 heteroatoms. The predicted octanol–water partition coefficient (Wildman–Crippen LogP) is 0.719. The molecule has 1 unspecified atom stereocenters. The summed E-state index contributed by atoms with van der Waals surface area (Å²) in [5, 5.41) is 4.01. The maximum Gasteiger partial charge on any atom is 0.232 e. The van der Waals surface area contributed by atoms with Gasteiger partial charge in [0.25, 0.3) is 0 Å². The molecular weight excluding hydrogens is 236 g/mol. The first kappa shape index (κ1) is 13.2. The number of hydrogen-bond acceptors (Lipinski definition) is 4. The molecule has 0 saturated carbocycles. The van der Waals surface area contributed by atoms with Gasteiger partial charge in [-0.25, -0.2) is 0 Å². The molecule has 2 aliphatic rings. The number of rotatable bonds is 3. The lowest BCUT2D eigenvalue weighted by atomic mass is 10.2. The second kappa shape index (κ2) is 6.61. The number of thioether (sulfide) groups is 1. The van der Waals surface area contributed by atoms with E-state index in [1.807, 2.05) is 23.6 Å². The Morgan fingerprint density at radius 1 is 1.47 bits per heavy atom. The number of nitrogens with one attached hydrogen (secondary N) is 1. The van der Waals surface area contributed by atoms with Crippen molar-refractivity contribution in [2.45, 2.75) is 31.1 Å². The molecule has 2 aliphatic heterocycles. The zero-order chi connectivity index (χ0) is 12.1. The SMILES string of the molecule is CC1CN(C(=O)CSC2CCNCC2)CCO1. The van der Waals surface area contributed by atoms with E-state index in [1.54, 1.807) is 0 Å². The quantitative estimate of drug-likeness (QED) is 0.810. The van der Waals surface area contributed by atoms with Crippen molar-refractivity contribution >= 4 is 17.7 Å². The monoisotopic (exact) mass is 258 g/mol. The molecule has 0 aliphatic carbocycles. The standard InChI is InChI=1S/C12H22N2O2S/c1-10-8-14(6-7-16-10)12(15)9-17-11-2-4-13-5-3-11/h10-11,13H,2-9H2,1H3. The Labute approximate surface area is 107 Å². The van der Waals surface area contributed by atoms with Gasteiger partial charge in [0.15, 0.2) is 0 Å². The fourth-order valence-electron chi connectivity index (χ4n) is 2.29. The van der Waals surface area contributed by atoms with Gasteiger partial charge in [0.05, 0.1) is 18.5 Å². The molecule has 0 aromatic heterocycles. The van der Waals surface area contributed by atoms with Crippen LogP contribution in [-0.2, 0) is 9.53 Å². The van der Waals surface area contributed by atoms with Crippen molar-refractivity contribution in [2.75, 3.05) is 38.5 Å². The first-order valence-corrected chi connectivity index (χ1v) is 7.52. The minimum atomic E-state index is 0.191. The molecule has 98 valence electrons. The number of morpholine rings is 1. The molecule has 17 heavy (non-hydrogen) atoms. The summed E-state index contributed by atoms with van der Waals surface area (Å²) in [5.74, 6) is 0.917. The Balaban J connectivity index is 1.69. The van der Waals surface area contributed by atoms with Gasteiger partial charge >= 0.3 is 0 Å². The summed E-state index contributed by atoms with van der Waals surface area (Å²) >= 11 is 1.83. The van der Waals surface area contributed by atoms with Crippen LogP contribution in [0.25, 0.3) is 0 Å². The van der Waals surface area contributed by atoms with Crippen LogP contribution in [0.1, 0.15) is 19.8 Å². The highest BCUT2D eigenvalue weighted by atomic mass is 32.2. The van der Waals surface area contributed by atoms with Crippen LogP contribution in [0, 0.1) is 0 Å². The largest absolute Gasteiger partial charge is 0.375 e. The van der Waals surface area contributed by atoms with E-state index in [0.717, 1.165) is 26.2 Å². The van der Waals surface area contributed by atoms with Gasteiger partial charge in [-0.05, 0) is 32.9 Å². The maximum absolute atomic E-state index is 12.0. The van der Waals surface area contributed by atoms with E-state index in [-0.39, 0.29) is 12.0 Å². The number of carbonyl (C=O) groups is 1. The van der Waals surface area contributed by atoms with Gasteiger partial charge < -0.3 is 15.0 Å². The Hall–Kier alpha value is -0.260. The van der Waals surface area contributed by atoms with E-state index in [0.29, 0.717) is 17.6 Å². The Kier molecular flexibility index (Phi) is 5.13. The van der Waals surface area contributed by atoms with Crippen LogP contribution >= 0.6 is 11.8 Å². The summed E-state index contributed by atoms with van der Waals surface area (Å²) < 4.78 is 5.44. The summed E-state index contributed by atoms with van der Waals surface area (Å²) in [6, 6.07) is 0. The summed E-state index contributed by atoms with van der Waals surface area (Å²) in [6.07, 6.45) is 2.58. The van der Waals surface area contributed by atoms with Crippen LogP contribution in [0.5, 0.6) is 0 Å². The zero-order valence-electron chi connectivity index (χ0n) is 10.5. The fourth-order valence-corrected chi connectivity index (χ4v) is 3.42. The van der Waals surface area contributed by atoms with Crippen molar-refractivity contribution in [3.05, 3.63) is 0 Å². The van der Waals surface area contributed by atoms with E-state index in [2.05, 4.69) is 5.32 Å². The molecule has 4 nitrogen and oxygen atoms in total. The van der Waals surface area contributed by atoms with Crippen molar-refractivity contribution in [1.29, 1.82) is 0 Å². The van der Waals surface area contributed by atoms with Crippen LogP contribution in [0.4, 0.5) is 0 Å². The number of piperidine rings is 1. The van der Waals surface area contributed by atoms with Gasteiger partial charge in [0.1, 0.15) is 0 Å². The lowest BCUT2D eigenvalue weighted by molar-refractivity contribution is -0.135. The summed E-state index contributed by atoms with van der Waals surface area (Å²) in [6.45, 7) is 6.42. The Bertz CT molecular complexity index is 257. The molecule has 0 bridgehead atoms. The molecule has 1 amide bonds. The van der Waals surface area contributed by atoms with Crippen molar-refractivity contribution in [2.24, 2.45) is 0 Å². The van der Waals surface area contributed by atoms with E-state index < -0.39 is 0 Å². The highest BCUT2D eigenvalue weighted by molar-refractivity contribution is 8.00. The van der Waals surface area contributed by atoms with Gasteiger partial charge in [-0.2, -0.15) is 0 Å². The molecule has 1 N–H and O–H groups in total. The molecule has 0 spiro atoms. The van der Waals surface area contributed by atoms with Crippen molar-refractivity contribution in [3.63, 3.8) is 0 Å². The molecule has 2 rings (SSSR count). The summed E-state index contributed by atoms with van der Waals surface area (Å²) in [5.41, 5.74) is 0. The maximum atomic E-state index is 12.0. The van der Waals surface area contributed by atoms with Crippen molar-refractivity contribution < 1.29 is 9.53 Å². The minimum Gasteiger partial charge on any atom is -0.375 e. The van der Waals surface area contributed by atoms with E-state index in [4.69, 9.17) is 4.74 Å². The summed E-state index contributed by atoms with van der Waals surface area (Å²) in [7, 11) is 0. The van der Waals surface area contributed by atoms with Crippen molar-refractivity contribution in [3.8, 4) is 0 Å². The third-order valence-corrected chi connectivity index (χ3v) is 4.68. The highest BCUT2D eigenvalue weighted by Crippen LogP contribution is 2.20. The van der Waals surface area contributed by atoms with Crippen LogP contribution in [-0.4, -0.2) is 60.7 Å². The normalized spacial score (nSPS) is 27.1. The highest BCUT2D eigenvalue weighted by Gasteiger charge is 2.22. The van der Waals surface area contributed by atoms with E-state index in [9.17, 15) is 4.79 Å². The molecule has 2 heterocycles. The topological polar surface area (TPSA) is 41.6 Å². The third kappa shape index (κ3) is 4.16. The van der Waals surface area contributed by atoms with Gasteiger partial charge in [-0.15, -0.1) is 11.8 Å². The number of nitrogens with zero attached hydrogens (tertiary/aromatic N) is 1. The average molecular weight is 258 g/mol. The molecule has 1 atom stereocenters.